The largest absolute Gasteiger partial charge is 0.466 e. The molecule has 0 amide bonds. The van der Waals surface area contributed by atoms with Crippen molar-refractivity contribution in [3.05, 3.63) is 20.8 Å². The van der Waals surface area contributed by atoms with E-state index < -0.39 is 0 Å². The van der Waals surface area contributed by atoms with Crippen LogP contribution in [0.5, 0.6) is 0 Å². The molecule has 0 saturated carbocycles. The highest BCUT2D eigenvalue weighted by molar-refractivity contribution is 9.11. The molecule has 0 fully saturated rings. The lowest BCUT2D eigenvalue weighted by molar-refractivity contribution is -0.142. The summed E-state index contributed by atoms with van der Waals surface area (Å²) in [6, 6.07) is 4.38. The predicted molar refractivity (Wildman–Crippen MR) is 69.7 cm³/mol. The van der Waals surface area contributed by atoms with Gasteiger partial charge in [0.1, 0.15) is 0 Å². The van der Waals surface area contributed by atoms with Gasteiger partial charge < -0.3 is 10.1 Å². The number of hydrogen-bond acceptors (Lipinski definition) is 4. The third-order valence-corrected chi connectivity index (χ3v) is 3.91. The molecule has 0 spiro atoms. The average molecular weight is 306 g/mol. The Balaban J connectivity index is 2.25. The van der Waals surface area contributed by atoms with Gasteiger partial charge in [0.05, 0.1) is 16.8 Å². The van der Waals surface area contributed by atoms with Gasteiger partial charge in [-0.1, -0.05) is 0 Å². The molecule has 1 aromatic rings. The van der Waals surface area contributed by atoms with Crippen LogP contribution < -0.4 is 5.32 Å². The molecule has 0 bridgehead atoms. The Labute approximate surface area is 108 Å². The Kier molecular flexibility index (Phi) is 6.01. The molecule has 0 aliphatic heterocycles. The molecule has 1 N–H and O–H groups in total. The summed E-state index contributed by atoms with van der Waals surface area (Å²) < 4.78 is 5.98. The molecule has 90 valence electrons. The molecule has 1 aromatic heterocycles. The summed E-state index contributed by atoms with van der Waals surface area (Å²) in [4.78, 5) is 12.4. The van der Waals surface area contributed by atoms with Crippen molar-refractivity contribution in [2.24, 2.45) is 0 Å². The minimum atomic E-state index is -0.144. The van der Waals surface area contributed by atoms with Crippen molar-refractivity contribution in [3.8, 4) is 0 Å². The summed E-state index contributed by atoms with van der Waals surface area (Å²) >= 11 is 5.13. The second kappa shape index (κ2) is 7.04. The number of ether oxygens (including phenoxy) is 1. The van der Waals surface area contributed by atoms with Crippen LogP contribution in [0.3, 0.4) is 0 Å². The first-order valence-corrected chi connectivity index (χ1v) is 6.88. The van der Waals surface area contributed by atoms with Gasteiger partial charge in [0.15, 0.2) is 0 Å². The summed E-state index contributed by atoms with van der Waals surface area (Å²) in [5, 5.41) is 3.29. The second-order valence-corrected chi connectivity index (χ2v) is 5.87. The number of nitrogens with one attached hydrogen (secondary N) is 1. The fourth-order valence-corrected chi connectivity index (χ4v) is 2.74. The number of carbonyl (C=O) groups excluding carboxylic acids is 1. The zero-order valence-corrected chi connectivity index (χ0v) is 11.9. The number of halogens is 1. The normalized spacial score (nSPS) is 12.4. The van der Waals surface area contributed by atoms with E-state index in [1.54, 1.807) is 11.3 Å². The van der Waals surface area contributed by atoms with Crippen molar-refractivity contribution >= 4 is 33.2 Å². The van der Waals surface area contributed by atoms with Crippen LogP contribution in [-0.2, 0) is 9.53 Å². The van der Waals surface area contributed by atoms with Gasteiger partial charge in [-0.25, -0.2) is 0 Å². The van der Waals surface area contributed by atoms with Crippen molar-refractivity contribution in [2.45, 2.75) is 26.3 Å². The third kappa shape index (κ3) is 4.63. The van der Waals surface area contributed by atoms with Gasteiger partial charge in [0, 0.05) is 17.5 Å². The monoisotopic (exact) mass is 305 g/mol. The molecule has 1 atom stereocenters. The third-order valence-electron chi connectivity index (χ3n) is 2.11. The summed E-state index contributed by atoms with van der Waals surface area (Å²) in [5.41, 5.74) is 0. The number of rotatable bonds is 6. The zero-order valence-electron chi connectivity index (χ0n) is 9.46. The van der Waals surface area contributed by atoms with Crippen molar-refractivity contribution in [1.29, 1.82) is 0 Å². The van der Waals surface area contributed by atoms with E-state index in [0.29, 0.717) is 19.6 Å². The van der Waals surface area contributed by atoms with Gasteiger partial charge in [-0.2, -0.15) is 0 Å². The van der Waals surface area contributed by atoms with Crippen molar-refractivity contribution in [3.63, 3.8) is 0 Å². The van der Waals surface area contributed by atoms with Crippen LogP contribution in [0.15, 0.2) is 15.9 Å². The van der Waals surface area contributed by atoms with E-state index in [4.69, 9.17) is 4.74 Å². The van der Waals surface area contributed by atoms with Gasteiger partial charge in [0.25, 0.3) is 0 Å². The Morgan fingerprint density at radius 3 is 2.94 bits per heavy atom. The van der Waals surface area contributed by atoms with E-state index in [9.17, 15) is 4.79 Å². The average Bonchev–Trinajstić information content (AvgIpc) is 2.65. The Hall–Kier alpha value is -0.390. The first-order valence-electron chi connectivity index (χ1n) is 5.27. The quantitative estimate of drug-likeness (QED) is 0.821. The van der Waals surface area contributed by atoms with Crippen LogP contribution in [0, 0.1) is 0 Å². The lowest BCUT2D eigenvalue weighted by Gasteiger charge is -2.11. The van der Waals surface area contributed by atoms with Crippen LogP contribution in [0.25, 0.3) is 0 Å². The fraction of sp³-hybridized carbons (Fsp3) is 0.545. The Morgan fingerprint density at radius 1 is 1.62 bits per heavy atom. The lowest BCUT2D eigenvalue weighted by atomic mass is 10.2. The maximum Gasteiger partial charge on any atom is 0.307 e. The highest BCUT2D eigenvalue weighted by Crippen LogP contribution is 2.26. The smallest absolute Gasteiger partial charge is 0.307 e. The van der Waals surface area contributed by atoms with Gasteiger partial charge in [-0.15, -0.1) is 11.3 Å². The Morgan fingerprint density at radius 2 is 2.38 bits per heavy atom. The molecule has 0 saturated heterocycles. The highest BCUT2D eigenvalue weighted by Gasteiger charge is 2.08. The van der Waals surface area contributed by atoms with E-state index >= 15 is 0 Å². The minimum Gasteiger partial charge on any atom is -0.466 e. The van der Waals surface area contributed by atoms with Crippen molar-refractivity contribution in [1.82, 2.24) is 5.32 Å². The fourth-order valence-electron chi connectivity index (χ4n) is 1.29. The zero-order chi connectivity index (χ0) is 12.0. The van der Waals surface area contributed by atoms with E-state index in [2.05, 4.69) is 34.2 Å². The van der Waals surface area contributed by atoms with Crippen LogP contribution >= 0.6 is 27.3 Å². The molecule has 0 radical (unpaired) electrons. The molecule has 1 heterocycles. The van der Waals surface area contributed by atoms with E-state index in [1.807, 2.05) is 13.0 Å². The minimum absolute atomic E-state index is 0.144. The van der Waals surface area contributed by atoms with Gasteiger partial charge in [-0.05, 0) is 41.9 Å². The van der Waals surface area contributed by atoms with Crippen molar-refractivity contribution in [2.75, 3.05) is 13.2 Å². The maximum absolute atomic E-state index is 11.1. The van der Waals surface area contributed by atoms with Crippen LogP contribution in [0.4, 0.5) is 0 Å². The molecule has 0 aliphatic rings. The number of carbonyl (C=O) groups is 1. The Bertz CT molecular complexity index is 340. The summed E-state index contributed by atoms with van der Waals surface area (Å²) in [6.07, 6.45) is 0.421. The lowest BCUT2D eigenvalue weighted by Crippen LogP contribution is -2.22. The predicted octanol–water partition coefficient (Wildman–Crippen LogP) is 3.11. The molecule has 16 heavy (non-hydrogen) atoms. The standard InChI is InChI=1S/C11H16BrNO2S/c1-3-15-11(14)6-7-13-8(2)9-4-5-10(12)16-9/h4-5,8,13H,3,6-7H2,1-2H3. The molecule has 0 aromatic carbocycles. The second-order valence-electron chi connectivity index (χ2n) is 3.37. The van der Waals surface area contributed by atoms with E-state index in [0.717, 1.165) is 3.79 Å². The van der Waals surface area contributed by atoms with Gasteiger partial charge in [-0.3, -0.25) is 4.79 Å². The van der Waals surface area contributed by atoms with Crippen LogP contribution in [-0.4, -0.2) is 19.1 Å². The molecule has 1 unspecified atom stereocenters. The van der Waals surface area contributed by atoms with E-state index in [-0.39, 0.29) is 12.0 Å². The molecule has 1 rings (SSSR count). The molecule has 5 heteroatoms. The summed E-state index contributed by atoms with van der Waals surface area (Å²) in [5.74, 6) is -0.144. The SMILES string of the molecule is CCOC(=O)CCNC(C)c1ccc(Br)s1. The first kappa shape index (κ1) is 13.7. The van der Waals surface area contributed by atoms with E-state index in [1.165, 1.54) is 4.88 Å². The molecular formula is C11H16BrNO2S. The highest BCUT2D eigenvalue weighted by atomic mass is 79.9. The number of esters is 1. The first-order chi connectivity index (χ1) is 7.63. The maximum atomic E-state index is 11.1. The number of thiophene rings is 1. The van der Waals surface area contributed by atoms with Crippen LogP contribution in [0.2, 0.25) is 0 Å². The van der Waals surface area contributed by atoms with Crippen LogP contribution in [0.1, 0.15) is 31.2 Å². The molecule has 3 nitrogen and oxygen atoms in total. The topological polar surface area (TPSA) is 38.3 Å². The van der Waals surface area contributed by atoms with Gasteiger partial charge >= 0.3 is 5.97 Å². The summed E-state index contributed by atoms with van der Waals surface area (Å²) in [7, 11) is 0. The summed E-state index contributed by atoms with van der Waals surface area (Å²) in [6.45, 7) is 5.00. The molecular weight excluding hydrogens is 290 g/mol. The molecule has 0 aliphatic carbocycles. The van der Waals surface area contributed by atoms with Crippen molar-refractivity contribution < 1.29 is 9.53 Å². The van der Waals surface area contributed by atoms with Gasteiger partial charge in [0.2, 0.25) is 0 Å². The number of hydrogen-bond donors (Lipinski definition) is 1.